The molecule has 0 atom stereocenters. The lowest BCUT2D eigenvalue weighted by Crippen LogP contribution is -2.00. The van der Waals surface area contributed by atoms with Crippen LogP contribution in [0.3, 0.4) is 0 Å². The van der Waals surface area contributed by atoms with Gasteiger partial charge < -0.3 is 9.05 Å². The normalized spacial score (nSPS) is 12.0. The molecule has 98 valence electrons. The van der Waals surface area contributed by atoms with Crippen LogP contribution >= 0.6 is 19.4 Å². The predicted molar refractivity (Wildman–Crippen MR) is 69.6 cm³/mol. The summed E-state index contributed by atoms with van der Waals surface area (Å²) in [5, 5.41) is 5.32. The van der Waals surface area contributed by atoms with Crippen LogP contribution in [0.25, 0.3) is 0 Å². The molecule has 0 radical (unpaired) electrons. The summed E-state index contributed by atoms with van der Waals surface area (Å²) < 4.78 is 24.5. The summed E-state index contributed by atoms with van der Waals surface area (Å²) in [6, 6.07) is 1.91. The second kappa shape index (κ2) is 6.59. The highest BCUT2D eigenvalue weighted by Crippen LogP contribution is 2.51. The summed E-state index contributed by atoms with van der Waals surface area (Å²) in [5.41, 5.74) is 0.738. The Morgan fingerprint density at radius 3 is 2.41 bits per heavy atom. The van der Waals surface area contributed by atoms with Gasteiger partial charge in [-0.25, -0.2) is 0 Å². The Kier molecular flexibility index (Phi) is 5.73. The fraction of sp³-hybridized carbons (Fsp3) is 0.700. The van der Waals surface area contributed by atoms with Crippen LogP contribution in [-0.2, 0) is 26.8 Å². The summed E-state index contributed by atoms with van der Waals surface area (Å²) in [6.07, 6.45) is 2.20. The van der Waals surface area contributed by atoms with E-state index in [1.165, 1.54) is 0 Å². The van der Waals surface area contributed by atoms with Crippen LogP contribution in [0.4, 0.5) is 0 Å². The van der Waals surface area contributed by atoms with Gasteiger partial charge in [-0.1, -0.05) is 0 Å². The Hall–Kier alpha value is -0.290. The molecule has 0 N–H and O–H groups in total. The van der Waals surface area contributed by atoms with Crippen LogP contribution in [0, 0.1) is 0 Å². The molecular weight excluding hydrogens is 259 g/mol. The van der Waals surface area contributed by atoms with E-state index in [-0.39, 0.29) is 6.16 Å². The number of thioether (sulfide) groups is 1. The van der Waals surface area contributed by atoms with Crippen LogP contribution in [0.2, 0.25) is 0 Å². The minimum atomic E-state index is -3.04. The zero-order valence-corrected chi connectivity index (χ0v) is 12.4. The third-order valence-electron chi connectivity index (χ3n) is 2.10. The fourth-order valence-corrected chi connectivity index (χ4v) is 3.65. The number of nitrogens with zero attached hydrogens (tertiary/aromatic N) is 2. The van der Waals surface area contributed by atoms with E-state index >= 15 is 0 Å². The van der Waals surface area contributed by atoms with E-state index in [4.69, 9.17) is 9.05 Å². The number of hydrogen-bond acceptors (Lipinski definition) is 5. The molecule has 17 heavy (non-hydrogen) atoms. The molecule has 0 bridgehead atoms. The lowest BCUT2D eigenvalue weighted by atomic mass is 10.5. The van der Waals surface area contributed by atoms with E-state index in [0.717, 1.165) is 10.7 Å². The Labute approximate surface area is 106 Å². The quantitative estimate of drug-likeness (QED) is 0.567. The van der Waals surface area contributed by atoms with Gasteiger partial charge in [0.25, 0.3) is 0 Å². The van der Waals surface area contributed by atoms with Crippen LogP contribution < -0.4 is 0 Å². The van der Waals surface area contributed by atoms with Crippen molar-refractivity contribution in [1.29, 1.82) is 0 Å². The van der Waals surface area contributed by atoms with Gasteiger partial charge in [-0.15, -0.1) is 11.8 Å². The van der Waals surface area contributed by atoms with E-state index < -0.39 is 7.60 Å². The molecule has 0 aliphatic heterocycles. The molecule has 0 spiro atoms. The van der Waals surface area contributed by atoms with E-state index in [0.29, 0.717) is 13.2 Å². The van der Waals surface area contributed by atoms with Crippen molar-refractivity contribution in [2.24, 2.45) is 7.05 Å². The van der Waals surface area contributed by atoms with Crippen molar-refractivity contribution in [3.63, 3.8) is 0 Å². The first-order chi connectivity index (χ1) is 8.04. The molecule has 0 aromatic carbocycles. The van der Waals surface area contributed by atoms with Crippen LogP contribution in [0.1, 0.15) is 19.5 Å². The summed E-state index contributed by atoms with van der Waals surface area (Å²) in [7, 11) is -1.18. The van der Waals surface area contributed by atoms with Gasteiger partial charge >= 0.3 is 7.60 Å². The Bertz CT molecular complexity index is 398. The fourth-order valence-electron chi connectivity index (χ4n) is 1.50. The monoisotopic (exact) mass is 278 g/mol. The minimum absolute atomic E-state index is 0.225. The third-order valence-corrected chi connectivity index (χ3v) is 4.92. The van der Waals surface area contributed by atoms with Gasteiger partial charge in [0, 0.05) is 7.05 Å². The number of rotatable bonds is 7. The lowest BCUT2D eigenvalue weighted by Gasteiger charge is -2.15. The third kappa shape index (κ3) is 4.14. The zero-order valence-electron chi connectivity index (χ0n) is 10.7. The van der Waals surface area contributed by atoms with E-state index in [1.54, 1.807) is 30.3 Å². The molecule has 7 heteroatoms. The molecule has 0 saturated carbocycles. The first-order valence-electron chi connectivity index (χ1n) is 5.49. The molecule has 0 amide bonds. The van der Waals surface area contributed by atoms with Crippen molar-refractivity contribution in [1.82, 2.24) is 9.78 Å². The molecule has 5 nitrogen and oxygen atoms in total. The molecule has 0 fully saturated rings. The van der Waals surface area contributed by atoms with Gasteiger partial charge in [0.1, 0.15) is 0 Å². The van der Waals surface area contributed by atoms with Gasteiger partial charge in [-0.05, 0) is 26.2 Å². The molecule has 1 aromatic heterocycles. The number of aromatic nitrogens is 2. The highest BCUT2D eigenvalue weighted by atomic mass is 32.2. The number of hydrogen-bond donors (Lipinski definition) is 0. The van der Waals surface area contributed by atoms with Crippen molar-refractivity contribution in [3.8, 4) is 0 Å². The van der Waals surface area contributed by atoms with Crippen LogP contribution in [0.15, 0.2) is 11.1 Å². The van der Waals surface area contributed by atoms with Crippen molar-refractivity contribution in [2.75, 3.05) is 19.5 Å². The largest absolute Gasteiger partial charge is 0.336 e. The van der Waals surface area contributed by atoms with E-state index in [1.807, 2.05) is 19.4 Å². The summed E-state index contributed by atoms with van der Waals surface area (Å²) >= 11 is 1.60. The van der Waals surface area contributed by atoms with Gasteiger partial charge in [-0.3, -0.25) is 9.25 Å². The molecule has 0 aliphatic rings. The highest BCUT2D eigenvalue weighted by molar-refractivity contribution is 7.98. The maximum absolute atomic E-state index is 12.3. The zero-order chi connectivity index (χ0) is 12.9. The van der Waals surface area contributed by atoms with Gasteiger partial charge in [0.05, 0.1) is 30.1 Å². The van der Waals surface area contributed by atoms with Crippen molar-refractivity contribution in [2.45, 2.75) is 25.0 Å². The van der Waals surface area contributed by atoms with Crippen molar-refractivity contribution in [3.05, 3.63) is 11.8 Å². The lowest BCUT2D eigenvalue weighted by molar-refractivity contribution is 0.219. The van der Waals surface area contributed by atoms with Crippen molar-refractivity contribution >= 4 is 19.4 Å². The average Bonchev–Trinajstić information content (AvgIpc) is 2.58. The topological polar surface area (TPSA) is 53.4 Å². The van der Waals surface area contributed by atoms with Gasteiger partial charge in [0.2, 0.25) is 0 Å². The average molecular weight is 278 g/mol. The summed E-state index contributed by atoms with van der Waals surface area (Å²) in [4.78, 5) is 0. The standard InChI is InChI=1S/C10H19N2O3PS/c1-5-14-16(13,15-6-2)8-9-7-10(17-4)12(3)11-9/h7H,5-6,8H2,1-4H3. The molecule has 0 unspecified atom stereocenters. The summed E-state index contributed by atoms with van der Waals surface area (Å²) in [5.74, 6) is 0. The Balaban J connectivity index is 2.82. The molecular formula is C10H19N2O3PS. The minimum Gasteiger partial charge on any atom is -0.309 e. The van der Waals surface area contributed by atoms with Crippen LogP contribution in [-0.4, -0.2) is 29.3 Å². The van der Waals surface area contributed by atoms with Gasteiger partial charge in [-0.2, -0.15) is 5.10 Å². The summed E-state index contributed by atoms with van der Waals surface area (Å²) in [6.45, 7) is 4.35. The molecule has 1 heterocycles. The maximum atomic E-state index is 12.3. The van der Waals surface area contributed by atoms with E-state index in [9.17, 15) is 4.57 Å². The second-order valence-electron chi connectivity index (χ2n) is 3.41. The molecule has 0 aliphatic carbocycles. The number of aryl methyl sites for hydroxylation is 1. The predicted octanol–water partition coefficient (Wildman–Crippen LogP) is 2.91. The maximum Gasteiger partial charge on any atom is 0.336 e. The SMILES string of the molecule is CCOP(=O)(Cc1cc(SC)n(C)n1)OCC. The second-order valence-corrected chi connectivity index (χ2v) is 6.29. The Morgan fingerprint density at radius 1 is 1.41 bits per heavy atom. The highest BCUT2D eigenvalue weighted by Gasteiger charge is 2.25. The molecule has 1 aromatic rings. The van der Waals surface area contributed by atoms with Crippen molar-refractivity contribution < 1.29 is 13.6 Å². The molecule has 1 rings (SSSR count). The van der Waals surface area contributed by atoms with Gasteiger partial charge in [0.15, 0.2) is 0 Å². The van der Waals surface area contributed by atoms with Crippen LogP contribution in [0.5, 0.6) is 0 Å². The van der Waals surface area contributed by atoms with E-state index in [2.05, 4.69) is 5.10 Å². The Morgan fingerprint density at radius 2 is 2.00 bits per heavy atom. The molecule has 0 saturated heterocycles. The first-order valence-corrected chi connectivity index (χ1v) is 8.45. The first kappa shape index (κ1) is 14.8. The smallest absolute Gasteiger partial charge is 0.309 e.